The first-order valence-corrected chi connectivity index (χ1v) is 11.5. The molecular weight excluding hydrogens is 457 g/mol. The number of aromatic nitrogens is 2. The Kier molecular flexibility index (Phi) is 7.91. The first kappa shape index (κ1) is 25.9. The Morgan fingerprint density at radius 1 is 1.03 bits per heavy atom. The van der Waals surface area contributed by atoms with Gasteiger partial charge in [0.05, 0.1) is 42.0 Å². The standard InChI is InChI=1S/C30H23N3O3.Li.H/c1-33-19-32-17-28(33)29(36-18-20-9-11-22(12-10-20)30(34)35)23-13-14-24(16-31)27(15-23)26-8-4-6-21-5-2-3-7-25(21)26;;/h2-15,17,19,29H,18H2,1H3,(H,34,35);;. The normalized spacial score (nSPS) is 11.5. The number of carboxylic acids is 1. The average Bonchev–Trinajstić information content (AvgIpc) is 3.34. The van der Waals surface area contributed by atoms with Crippen LogP contribution in [0.15, 0.2) is 97.5 Å². The van der Waals surface area contributed by atoms with Crippen molar-refractivity contribution in [2.75, 3.05) is 0 Å². The summed E-state index contributed by atoms with van der Waals surface area (Å²) in [6.45, 7) is 0.277. The van der Waals surface area contributed by atoms with Gasteiger partial charge in [-0.15, -0.1) is 0 Å². The molecule has 0 aliphatic carbocycles. The van der Waals surface area contributed by atoms with Crippen LogP contribution < -0.4 is 0 Å². The van der Waals surface area contributed by atoms with E-state index in [1.54, 1.807) is 36.8 Å². The van der Waals surface area contributed by atoms with Crippen LogP contribution in [0.25, 0.3) is 21.9 Å². The zero-order valence-electron chi connectivity index (χ0n) is 19.6. The molecule has 7 heteroatoms. The number of benzene rings is 4. The Morgan fingerprint density at radius 2 is 1.78 bits per heavy atom. The molecular formula is C30H24LiN3O3. The summed E-state index contributed by atoms with van der Waals surface area (Å²) in [5.41, 5.74) is 5.26. The number of aryl methyl sites for hydroxylation is 1. The summed E-state index contributed by atoms with van der Waals surface area (Å²) in [4.78, 5) is 15.5. The predicted molar refractivity (Wildman–Crippen MR) is 144 cm³/mol. The molecule has 0 fully saturated rings. The Hall–Kier alpha value is -4.13. The number of ether oxygens (including phenoxy) is 1. The van der Waals surface area contributed by atoms with Gasteiger partial charge in [0.2, 0.25) is 0 Å². The van der Waals surface area contributed by atoms with E-state index in [9.17, 15) is 10.1 Å². The number of carboxylic acid groups (broad SMARTS) is 1. The molecule has 0 radical (unpaired) electrons. The molecule has 1 atom stereocenters. The number of nitriles is 1. The van der Waals surface area contributed by atoms with Crippen LogP contribution in [-0.4, -0.2) is 39.5 Å². The van der Waals surface area contributed by atoms with Gasteiger partial charge in [0.15, 0.2) is 0 Å². The summed E-state index contributed by atoms with van der Waals surface area (Å²) < 4.78 is 8.31. The Morgan fingerprint density at radius 3 is 2.49 bits per heavy atom. The van der Waals surface area contributed by atoms with E-state index in [0.29, 0.717) is 5.56 Å². The number of fused-ring (bicyclic) bond motifs is 1. The first-order chi connectivity index (χ1) is 17.5. The van der Waals surface area contributed by atoms with Gasteiger partial charge in [-0.2, -0.15) is 5.26 Å². The van der Waals surface area contributed by atoms with Crippen LogP contribution in [0.5, 0.6) is 0 Å². The van der Waals surface area contributed by atoms with Gasteiger partial charge in [0.25, 0.3) is 0 Å². The number of imidazole rings is 1. The van der Waals surface area contributed by atoms with Gasteiger partial charge in [-0.05, 0) is 51.7 Å². The van der Waals surface area contributed by atoms with Gasteiger partial charge in [0, 0.05) is 12.6 Å². The van der Waals surface area contributed by atoms with Crippen molar-refractivity contribution in [2.24, 2.45) is 7.05 Å². The molecule has 6 nitrogen and oxygen atoms in total. The van der Waals surface area contributed by atoms with E-state index in [-0.39, 0.29) is 31.0 Å². The molecule has 0 aliphatic rings. The van der Waals surface area contributed by atoms with Crippen LogP contribution in [0.4, 0.5) is 0 Å². The zero-order chi connectivity index (χ0) is 25.1. The molecule has 5 rings (SSSR count). The fourth-order valence-corrected chi connectivity index (χ4v) is 4.40. The second-order valence-electron chi connectivity index (χ2n) is 8.57. The maximum absolute atomic E-state index is 11.2. The number of nitrogens with zero attached hydrogens (tertiary/aromatic N) is 3. The van der Waals surface area contributed by atoms with Crippen molar-refractivity contribution >= 4 is 35.6 Å². The predicted octanol–water partition coefficient (Wildman–Crippen LogP) is 5.47. The molecule has 0 aliphatic heterocycles. The minimum atomic E-state index is -0.964. The molecule has 5 aromatic rings. The molecule has 1 aromatic heterocycles. The van der Waals surface area contributed by atoms with Crippen LogP contribution in [0.1, 0.15) is 38.8 Å². The van der Waals surface area contributed by atoms with Gasteiger partial charge in [-0.1, -0.05) is 60.7 Å². The third kappa shape index (κ3) is 5.35. The number of aromatic carboxylic acids is 1. The molecule has 0 bridgehead atoms. The van der Waals surface area contributed by atoms with E-state index in [2.05, 4.69) is 29.3 Å². The van der Waals surface area contributed by atoms with Gasteiger partial charge < -0.3 is 14.4 Å². The van der Waals surface area contributed by atoms with Gasteiger partial charge in [-0.3, -0.25) is 0 Å². The van der Waals surface area contributed by atoms with Crippen LogP contribution in [0.3, 0.4) is 0 Å². The number of carbonyl (C=O) groups is 1. The van der Waals surface area contributed by atoms with Gasteiger partial charge >= 0.3 is 24.8 Å². The third-order valence-corrected chi connectivity index (χ3v) is 6.29. The fraction of sp³-hybridized carbons (Fsp3) is 0.100. The first-order valence-electron chi connectivity index (χ1n) is 11.5. The molecule has 1 N–H and O–H groups in total. The zero-order valence-corrected chi connectivity index (χ0v) is 19.6. The van der Waals surface area contributed by atoms with Gasteiger partial charge in [-0.25, -0.2) is 9.78 Å². The molecule has 1 heterocycles. The van der Waals surface area contributed by atoms with Crippen molar-refractivity contribution in [3.05, 3.63) is 125 Å². The SMILES string of the molecule is Cn1cncc1C(OCc1ccc(C(=O)O)cc1)c1ccc(C#N)c(-c2cccc3ccccc23)c1.[LiH]. The van der Waals surface area contributed by atoms with Crippen molar-refractivity contribution in [1.82, 2.24) is 9.55 Å². The third-order valence-electron chi connectivity index (χ3n) is 6.29. The van der Waals surface area contributed by atoms with Crippen LogP contribution >= 0.6 is 0 Å². The van der Waals surface area contributed by atoms with Crippen molar-refractivity contribution in [3.63, 3.8) is 0 Å². The Labute approximate surface area is 227 Å². The topological polar surface area (TPSA) is 88.1 Å². The molecule has 178 valence electrons. The average molecular weight is 481 g/mol. The molecule has 1 unspecified atom stereocenters. The van der Waals surface area contributed by atoms with E-state index in [0.717, 1.165) is 38.7 Å². The molecule has 37 heavy (non-hydrogen) atoms. The van der Waals surface area contributed by atoms with E-state index < -0.39 is 12.1 Å². The summed E-state index contributed by atoms with van der Waals surface area (Å²) in [5, 5.41) is 21.2. The van der Waals surface area contributed by atoms with Crippen molar-refractivity contribution in [2.45, 2.75) is 12.7 Å². The summed E-state index contributed by atoms with van der Waals surface area (Å²) in [7, 11) is 1.91. The Balaban J connectivity index is 0.00000320. The molecule has 0 saturated carbocycles. The summed E-state index contributed by atoms with van der Waals surface area (Å²) in [6, 6.07) is 29.0. The second kappa shape index (κ2) is 11.3. The number of rotatable bonds is 7. The Bertz CT molecular complexity index is 1600. The second-order valence-corrected chi connectivity index (χ2v) is 8.57. The van der Waals surface area contributed by atoms with E-state index in [1.807, 2.05) is 54.1 Å². The monoisotopic (exact) mass is 481 g/mol. The van der Waals surface area contributed by atoms with E-state index in [1.165, 1.54) is 0 Å². The molecule has 0 saturated heterocycles. The van der Waals surface area contributed by atoms with Crippen molar-refractivity contribution in [1.29, 1.82) is 5.26 Å². The van der Waals surface area contributed by atoms with Crippen LogP contribution in [0.2, 0.25) is 0 Å². The molecule has 4 aromatic carbocycles. The van der Waals surface area contributed by atoms with Crippen LogP contribution in [0, 0.1) is 11.3 Å². The number of hydrogen-bond acceptors (Lipinski definition) is 4. The summed E-state index contributed by atoms with van der Waals surface area (Å²) in [6.07, 6.45) is 3.05. The molecule has 0 amide bonds. The quantitative estimate of drug-likeness (QED) is 0.312. The molecule has 0 spiro atoms. The maximum atomic E-state index is 11.2. The van der Waals surface area contributed by atoms with Crippen LogP contribution in [-0.2, 0) is 18.4 Å². The fourth-order valence-electron chi connectivity index (χ4n) is 4.40. The summed E-state index contributed by atoms with van der Waals surface area (Å²) >= 11 is 0. The van der Waals surface area contributed by atoms with Gasteiger partial charge in [0.1, 0.15) is 6.10 Å². The van der Waals surface area contributed by atoms with Crippen molar-refractivity contribution in [3.8, 4) is 17.2 Å². The van der Waals surface area contributed by atoms with Crippen molar-refractivity contribution < 1.29 is 14.6 Å². The van der Waals surface area contributed by atoms with E-state index >= 15 is 0 Å². The summed E-state index contributed by atoms with van der Waals surface area (Å²) in [5.74, 6) is -0.964. The number of hydrogen-bond donors (Lipinski definition) is 1. The van der Waals surface area contributed by atoms with E-state index in [4.69, 9.17) is 9.84 Å². The minimum absolute atomic E-state index is 0.